The Bertz CT molecular complexity index is 553. The maximum atomic E-state index is 12.6. The van der Waals surface area contributed by atoms with E-state index in [1.54, 1.807) is 0 Å². The fourth-order valence-electron chi connectivity index (χ4n) is 2.25. The van der Waals surface area contributed by atoms with Crippen molar-refractivity contribution in [1.29, 1.82) is 0 Å². The molecule has 0 aromatic carbocycles. The lowest BCUT2D eigenvalue weighted by atomic mass is 9.85. The smallest absolute Gasteiger partial charge is 0.406 e. The summed E-state index contributed by atoms with van der Waals surface area (Å²) >= 11 is 0. The number of aromatic carboxylic acids is 1. The van der Waals surface area contributed by atoms with E-state index >= 15 is 0 Å². The van der Waals surface area contributed by atoms with Crippen LogP contribution in [0.2, 0.25) is 0 Å². The lowest BCUT2D eigenvalue weighted by molar-refractivity contribution is -0.142. The van der Waals surface area contributed by atoms with Crippen LogP contribution in [0.3, 0.4) is 0 Å². The molecule has 0 aliphatic heterocycles. The molecular formula is C14H15F3N2O3. The Balaban J connectivity index is 2.13. The molecule has 0 atom stereocenters. The largest absolute Gasteiger partial charge is 0.477 e. The molecule has 120 valence electrons. The van der Waals surface area contributed by atoms with E-state index in [9.17, 15) is 22.8 Å². The first-order valence-electron chi connectivity index (χ1n) is 6.81. The van der Waals surface area contributed by atoms with Gasteiger partial charge < -0.3 is 10.0 Å². The molecule has 1 aromatic rings. The van der Waals surface area contributed by atoms with Crippen LogP contribution in [-0.4, -0.2) is 46.1 Å². The standard InChI is InChI=1S/C14H15F3N2O3/c15-14(16,17)8-19(7-9-2-1-3-9)12(20)10-4-5-11(13(21)22)18-6-10/h4-6,9H,1-3,7-8H2,(H,21,22). The van der Waals surface area contributed by atoms with E-state index in [4.69, 9.17) is 5.11 Å². The third-order valence-electron chi connectivity index (χ3n) is 3.59. The van der Waals surface area contributed by atoms with Crippen LogP contribution in [0.1, 0.15) is 40.1 Å². The van der Waals surface area contributed by atoms with Crippen molar-refractivity contribution in [2.24, 2.45) is 5.92 Å². The van der Waals surface area contributed by atoms with Crippen LogP contribution in [0, 0.1) is 5.92 Å². The number of carboxylic acids is 1. The van der Waals surface area contributed by atoms with Gasteiger partial charge in [-0.2, -0.15) is 13.2 Å². The Morgan fingerprint density at radius 1 is 1.32 bits per heavy atom. The molecule has 1 aliphatic carbocycles. The summed E-state index contributed by atoms with van der Waals surface area (Å²) < 4.78 is 37.9. The van der Waals surface area contributed by atoms with Gasteiger partial charge in [-0.05, 0) is 30.9 Å². The van der Waals surface area contributed by atoms with E-state index < -0.39 is 24.6 Å². The Labute approximate surface area is 124 Å². The average Bonchev–Trinajstić information content (AvgIpc) is 2.39. The quantitative estimate of drug-likeness (QED) is 0.906. The summed E-state index contributed by atoms with van der Waals surface area (Å²) in [6.07, 6.45) is -0.882. The van der Waals surface area contributed by atoms with Gasteiger partial charge in [-0.25, -0.2) is 9.78 Å². The molecule has 1 amide bonds. The molecule has 0 radical (unpaired) electrons. The van der Waals surface area contributed by atoms with Gasteiger partial charge in [-0.1, -0.05) is 6.42 Å². The van der Waals surface area contributed by atoms with Crippen molar-refractivity contribution in [1.82, 2.24) is 9.88 Å². The van der Waals surface area contributed by atoms with E-state index in [1.165, 1.54) is 6.07 Å². The van der Waals surface area contributed by atoms with E-state index in [-0.39, 0.29) is 23.7 Å². The molecule has 5 nitrogen and oxygen atoms in total. The van der Waals surface area contributed by atoms with Gasteiger partial charge in [0.25, 0.3) is 5.91 Å². The van der Waals surface area contributed by atoms with Crippen molar-refractivity contribution >= 4 is 11.9 Å². The maximum absolute atomic E-state index is 12.6. The Kier molecular flexibility index (Phi) is 4.68. The summed E-state index contributed by atoms with van der Waals surface area (Å²) in [4.78, 5) is 27.2. The highest BCUT2D eigenvalue weighted by Gasteiger charge is 2.35. The van der Waals surface area contributed by atoms with Gasteiger partial charge >= 0.3 is 12.1 Å². The predicted octanol–water partition coefficient (Wildman–Crippen LogP) is 2.58. The highest BCUT2D eigenvalue weighted by molar-refractivity contribution is 5.95. The number of carbonyl (C=O) groups is 2. The molecule has 8 heteroatoms. The molecule has 1 fully saturated rings. The number of alkyl halides is 3. The number of aromatic nitrogens is 1. The molecule has 0 spiro atoms. The van der Waals surface area contributed by atoms with Crippen LogP contribution < -0.4 is 0 Å². The second-order valence-electron chi connectivity index (χ2n) is 5.34. The highest BCUT2D eigenvalue weighted by Crippen LogP contribution is 2.29. The number of hydrogen-bond donors (Lipinski definition) is 1. The second-order valence-corrected chi connectivity index (χ2v) is 5.34. The van der Waals surface area contributed by atoms with Crippen LogP contribution in [0.25, 0.3) is 0 Å². The predicted molar refractivity (Wildman–Crippen MR) is 70.5 cm³/mol. The summed E-state index contributed by atoms with van der Waals surface area (Å²) in [6.45, 7) is -1.26. The highest BCUT2D eigenvalue weighted by atomic mass is 19.4. The van der Waals surface area contributed by atoms with Gasteiger partial charge in [-0.3, -0.25) is 4.79 Å². The van der Waals surface area contributed by atoms with Crippen LogP contribution in [-0.2, 0) is 0 Å². The van der Waals surface area contributed by atoms with Crippen molar-refractivity contribution in [2.75, 3.05) is 13.1 Å². The minimum atomic E-state index is -4.48. The molecule has 1 N–H and O–H groups in total. The number of halogens is 3. The summed E-state index contributed by atoms with van der Waals surface area (Å²) in [7, 11) is 0. The number of rotatable bonds is 5. The van der Waals surface area contributed by atoms with Gasteiger partial charge in [-0.15, -0.1) is 0 Å². The Hall–Kier alpha value is -2.12. The summed E-state index contributed by atoms with van der Waals surface area (Å²) in [5, 5.41) is 8.73. The molecule has 1 aromatic heterocycles. The number of amides is 1. The van der Waals surface area contributed by atoms with Crippen LogP contribution >= 0.6 is 0 Å². The van der Waals surface area contributed by atoms with Gasteiger partial charge in [0, 0.05) is 12.7 Å². The van der Waals surface area contributed by atoms with Crippen LogP contribution in [0.5, 0.6) is 0 Å². The zero-order valence-electron chi connectivity index (χ0n) is 11.6. The molecule has 0 saturated heterocycles. The molecule has 0 bridgehead atoms. The molecule has 22 heavy (non-hydrogen) atoms. The van der Waals surface area contributed by atoms with Crippen molar-refractivity contribution in [3.63, 3.8) is 0 Å². The number of hydrogen-bond acceptors (Lipinski definition) is 3. The first-order chi connectivity index (χ1) is 10.3. The van der Waals surface area contributed by atoms with Gasteiger partial charge in [0.15, 0.2) is 0 Å². The Morgan fingerprint density at radius 3 is 2.41 bits per heavy atom. The van der Waals surface area contributed by atoms with Crippen molar-refractivity contribution in [2.45, 2.75) is 25.4 Å². The minimum Gasteiger partial charge on any atom is -0.477 e. The maximum Gasteiger partial charge on any atom is 0.406 e. The average molecular weight is 316 g/mol. The SMILES string of the molecule is O=C(O)c1ccc(C(=O)N(CC2CCC2)CC(F)(F)F)cn1. The van der Waals surface area contributed by atoms with Gasteiger partial charge in [0.1, 0.15) is 12.2 Å². The molecular weight excluding hydrogens is 301 g/mol. The number of pyridine rings is 1. The lowest BCUT2D eigenvalue weighted by Gasteiger charge is -2.32. The van der Waals surface area contributed by atoms with Crippen molar-refractivity contribution < 1.29 is 27.9 Å². The minimum absolute atomic E-state index is 0.0476. The zero-order chi connectivity index (χ0) is 16.3. The summed E-state index contributed by atoms with van der Waals surface area (Å²) in [5.74, 6) is -1.95. The first kappa shape index (κ1) is 16.3. The molecule has 0 unspecified atom stereocenters. The molecule has 1 aliphatic rings. The van der Waals surface area contributed by atoms with Gasteiger partial charge in [0.2, 0.25) is 0 Å². The van der Waals surface area contributed by atoms with Gasteiger partial charge in [0.05, 0.1) is 5.56 Å². The van der Waals surface area contributed by atoms with Crippen molar-refractivity contribution in [3.05, 3.63) is 29.6 Å². The molecule has 1 heterocycles. The van der Waals surface area contributed by atoms with E-state index in [2.05, 4.69) is 4.98 Å². The van der Waals surface area contributed by atoms with Crippen molar-refractivity contribution in [3.8, 4) is 0 Å². The number of carbonyl (C=O) groups excluding carboxylic acids is 1. The topological polar surface area (TPSA) is 70.5 Å². The Morgan fingerprint density at radius 2 is 2.00 bits per heavy atom. The number of nitrogens with zero attached hydrogens (tertiary/aromatic N) is 2. The van der Waals surface area contributed by atoms with Crippen LogP contribution in [0.4, 0.5) is 13.2 Å². The fourth-order valence-corrected chi connectivity index (χ4v) is 2.25. The second kappa shape index (κ2) is 6.33. The number of carboxylic acid groups (broad SMARTS) is 1. The normalized spacial score (nSPS) is 15.2. The van der Waals surface area contributed by atoms with Crippen LogP contribution in [0.15, 0.2) is 18.3 Å². The lowest BCUT2D eigenvalue weighted by Crippen LogP contribution is -2.43. The summed E-state index contributed by atoms with van der Waals surface area (Å²) in [5.41, 5.74) is -0.313. The molecule has 1 saturated carbocycles. The summed E-state index contributed by atoms with van der Waals surface area (Å²) in [6, 6.07) is 2.29. The third kappa shape index (κ3) is 4.19. The molecule has 2 rings (SSSR count). The monoisotopic (exact) mass is 316 g/mol. The van der Waals surface area contributed by atoms with E-state index in [0.29, 0.717) is 0 Å². The van der Waals surface area contributed by atoms with E-state index in [1.807, 2.05) is 0 Å². The van der Waals surface area contributed by atoms with E-state index in [0.717, 1.165) is 36.4 Å². The first-order valence-corrected chi connectivity index (χ1v) is 6.81. The zero-order valence-corrected chi connectivity index (χ0v) is 11.6. The fraction of sp³-hybridized carbons (Fsp3) is 0.500. The third-order valence-corrected chi connectivity index (χ3v) is 3.59.